The zero-order valence-corrected chi connectivity index (χ0v) is 15.7. The monoisotopic (exact) mass is 390 g/mol. The largest absolute Gasteiger partial charge is 0.497 e. The number of likely N-dealkylation sites (N-methyl/N-ethyl adjacent to an activating group) is 1. The molecule has 2 amide bonds. The highest BCUT2D eigenvalue weighted by molar-refractivity contribution is 6.33. The molecule has 27 heavy (non-hydrogen) atoms. The maximum atomic E-state index is 12.1. The second-order valence-electron chi connectivity index (χ2n) is 5.59. The molecule has 0 saturated heterocycles. The number of methoxy groups -OCH3 is 1. The fraction of sp³-hybridized carbons (Fsp3) is 0.211. The van der Waals surface area contributed by atoms with Crippen LogP contribution in [0.4, 0.5) is 5.69 Å². The van der Waals surface area contributed by atoms with Crippen molar-refractivity contribution in [2.24, 2.45) is 0 Å². The van der Waals surface area contributed by atoms with Gasteiger partial charge in [-0.2, -0.15) is 0 Å². The number of carbonyl (C=O) groups excluding carboxylic acids is 3. The average Bonchev–Trinajstić information content (AvgIpc) is 2.67. The highest BCUT2D eigenvalue weighted by Crippen LogP contribution is 2.20. The number of benzene rings is 2. The molecular weight excluding hydrogens is 372 g/mol. The molecule has 0 fully saturated rings. The van der Waals surface area contributed by atoms with Crippen LogP contribution in [0.25, 0.3) is 0 Å². The molecule has 0 aliphatic carbocycles. The molecule has 0 aliphatic rings. The lowest BCUT2D eigenvalue weighted by atomic mass is 10.2. The Morgan fingerprint density at radius 1 is 1.11 bits per heavy atom. The first-order valence-corrected chi connectivity index (χ1v) is 8.38. The third kappa shape index (κ3) is 6.00. The Morgan fingerprint density at radius 3 is 2.56 bits per heavy atom. The summed E-state index contributed by atoms with van der Waals surface area (Å²) in [5, 5.41) is 3.01. The number of halogens is 1. The summed E-state index contributed by atoms with van der Waals surface area (Å²) in [6.45, 7) is -0.688. The predicted molar refractivity (Wildman–Crippen MR) is 101 cm³/mol. The van der Waals surface area contributed by atoms with Gasteiger partial charge in [-0.25, -0.2) is 4.79 Å². The van der Waals surface area contributed by atoms with Crippen molar-refractivity contribution in [1.29, 1.82) is 0 Å². The van der Waals surface area contributed by atoms with Gasteiger partial charge in [0, 0.05) is 7.05 Å². The van der Waals surface area contributed by atoms with Crippen molar-refractivity contribution in [2.75, 3.05) is 32.6 Å². The lowest BCUT2D eigenvalue weighted by Crippen LogP contribution is -2.37. The number of esters is 1. The summed E-state index contributed by atoms with van der Waals surface area (Å²) >= 11 is 5.97. The van der Waals surface area contributed by atoms with Crippen molar-refractivity contribution in [3.63, 3.8) is 0 Å². The number of hydrogen-bond acceptors (Lipinski definition) is 5. The van der Waals surface area contributed by atoms with Gasteiger partial charge < -0.3 is 19.7 Å². The number of carbonyl (C=O) groups is 3. The summed E-state index contributed by atoms with van der Waals surface area (Å²) in [7, 11) is 2.92. The first-order valence-electron chi connectivity index (χ1n) is 8.00. The molecule has 7 nitrogen and oxygen atoms in total. The van der Waals surface area contributed by atoms with Gasteiger partial charge in [0.2, 0.25) is 5.91 Å². The predicted octanol–water partition coefficient (Wildman–Crippen LogP) is 2.60. The van der Waals surface area contributed by atoms with Crippen LogP contribution in [0.1, 0.15) is 10.4 Å². The summed E-state index contributed by atoms with van der Waals surface area (Å²) in [6.07, 6.45) is 0. The van der Waals surface area contributed by atoms with Gasteiger partial charge >= 0.3 is 5.97 Å². The molecule has 0 heterocycles. The Balaban J connectivity index is 1.83. The van der Waals surface area contributed by atoms with Crippen LogP contribution in [-0.4, -0.2) is 50.0 Å². The first kappa shape index (κ1) is 20.3. The molecule has 0 aromatic heterocycles. The standard InChI is InChI=1S/C19H19ClN2O5/c1-22(11-17(23)21-16-9-4-3-8-15(16)20)18(24)12-27-19(25)13-6-5-7-14(10-13)26-2/h3-10H,11-12H2,1-2H3,(H,21,23). The third-order valence-electron chi connectivity index (χ3n) is 3.59. The van der Waals surface area contributed by atoms with E-state index in [9.17, 15) is 14.4 Å². The minimum atomic E-state index is -0.656. The van der Waals surface area contributed by atoms with Gasteiger partial charge in [-0.05, 0) is 30.3 Å². The molecule has 8 heteroatoms. The maximum absolute atomic E-state index is 12.1. The van der Waals surface area contributed by atoms with Crippen LogP contribution in [0.2, 0.25) is 5.02 Å². The van der Waals surface area contributed by atoms with Gasteiger partial charge in [-0.15, -0.1) is 0 Å². The van der Waals surface area contributed by atoms with Crippen LogP contribution in [0, 0.1) is 0 Å². The summed E-state index contributed by atoms with van der Waals surface area (Å²) < 4.78 is 10.0. The smallest absolute Gasteiger partial charge is 0.338 e. The van der Waals surface area contributed by atoms with E-state index in [1.165, 1.54) is 20.2 Å². The number of amides is 2. The van der Waals surface area contributed by atoms with Crippen LogP contribution in [0.5, 0.6) is 5.75 Å². The molecule has 0 saturated carbocycles. The summed E-state index contributed by atoms with van der Waals surface area (Å²) in [5.74, 6) is -1.08. The van der Waals surface area contributed by atoms with E-state index in [2.05, 4.69) is 5.32 Å². The van der Waals surface area contributed by atoms with E-state index in [4.69, 9.17) is 21.1 Å². The summed E-state index contributed by atoms with van der Waals surface area (Å²) in [6, 6.07) is 13.2. The van der Waals surface area contributed by atoms with Crippen molar-refractivity contribution in [3.05, 3.63) is 59.1 Å². The molecule has 1 N–H and O–H groups in total. The Labute approximate surface area is 161 Å². The van der Waals surface area contributed by atoms with Crippen molar-refractivity contribution < 1.29 is 23.9 Å². The average molecular weight is 391 g/mol. The fourth-order valence-corrected chi connectivity index (χ4v) is 2.31. The quantitative estimate of drug-likeness (QED) is 0.734. The van der Waals surface area contributed by atoms with Crippen molar-refractivity contribution >= 4 is 35.1 Å². The molecule has 0 unspecified atom stereocenters. The normalized spacial score (nSPS) is 10.0. The lowest BCUT2D eigenvalue weighted by Gasteiger charge is -2.17. The fourth-order valence-electron chi connectivity index (χ4n) is 2.13. The first-order chi connectivity index (χ1) is 12.9. The number of para-hydroxylation sites is 1. The topological polar surface area (TPSA) is 84.9 Å². The van der Waals surface area contributed by atoms with Crippen LogP contribution in [0.15, 0.2) is 48.5 Å². The zero-order valence-electron chi connectivity index (χ0n) is 14.9. The number of rotatable bonds is 7. The Kier molecular flexibility index (Phi) is 7.19. The van der Waals surface area contributed by atoms with E-state index in [1.807, 2.05) is 0 Å². The Hall–Kier alpha value is -3.06. The molecule has 0 aliphatic heterocycles. The minimum absolute atomic E-state index is 0.208. The number of ether oxygens (including phenoxy) is 2. The highest BCUT2D eigenvalue weighted by Gasteiger charge is 2.17. The van der Waals surface area contributed by atoms with Gasteiger partial charge in [0.25, 0.3) is 5.91 Å². The Bertz CT molecular complexity index is 840. The summed E-state index contributed by atoms with van der Waals surface area (Å²) in [5.41, 5.74) is 0.718. The molecule has 142 valence electrons. The highest BCUT2D eigenvalue weighted by atomic mass is 35.5. The van der Waals surface area contributed by atoms with Crippen LogP contribution in [0.3, 0.4) is 0 Å². The van der Waals surface area contributed by atoms with E-state index in [1.54, 1.807) is 42.5 Å². The van der Waals surface area contributed by atoms with Gasteiger partial charge in [-0.3, -0.25) is 9.59 Å². The van der Waals surface area contributed by atoms with E-state index < -0.39 is 24.4 Å². The Morgan fingerprint density at radius 2 is 1.85 bits per heavy atom. The number of nitrogens with one attached hydrogen (secondary N) is 1. The second-order valence-corrected chi connectivity index (χ2v) is 5.99. The lowest BCUT2D eigenvalue weighted by molar-refractivity contribution is -0.136. The van der Waals surface area contributed by atoms with Gasteiger partial charge in [-0.1, -0.05) is 29.8 Å². The second kappa shape index (κ2) is 9.59. The molecule has 0 spiro atoms. The number of hydrogen-bond donors (Lipinski definition) is 1. The minimum Gasteiger partial charge on any atom is -0.497 e. The third-order valence-corrected chi connectivity index (χ3v) is 3.92. The molecular formula is C19H19ClN2O5. The van der Waals surface area contributed by atoms with Gasteiger partial charge in [0.15, 0.2) is 6.61 Å². The summed E-state index contributed by atoms with van der Waals surface area (Å²) in [4.78, 5) is 37.3. The van der Waals surface area contributed by atoms with E-state index in [0.29, 0.717) is 16.5 Å². The molecule has 2 aromatic rings. The number of nitrogens with zero attached hydrogens (tertiary/aromatic N) is 1. The van der Waals surface area contributed by atoms with Crippen molar-refractivity contribution in [2.45, 2.75) is 0 Å². The molecule has 2 rings (SSSR count). The zero-order chi connectivity index (χ0) is 19.8. The van der Waals surface area contributed by atoms with Crippen molar-refractivity contribution in [1.82, 2.24) is 4.90 Å². The molecule has 0 bridgehead atoms. The molecule has 0 radical (unpaired) electrons. The molecule has 2 aromatic carbocycles. The SMILES string of the molecule is COc1cccc(C(=O)OCC(=O)N(C)CC(=O)Nc2ccccc2Cl)c1. The van der Waals surface area contributed by atoms with Gasteiger partial charge in [0.05, 0.1) is 29.9 Å². The maximum Gasteiger partial charge on any atom is 0.338 e. The van der Waals surface area contributed by atoms with Crippen molar-refractivity contribution in [3.8, 4) is 5.75 Å². The van der Waals surface area contributed by atoms with Crippen LogP contribution >= 0.6 is 11.6 Å². The molecule has 0 atom stereocenters. The number of anilines is 1. The van der Waals surface area contributed by atoms with E-state index >= 15 is 0 Å². The van der Waals surface area contributed by atoms with E-state index in [-0.39, 0.29) is 12.1 Å². The van der Waals surface area contributed by atoms with E-state index in [0.717, 1.165) is 4.90 Å². The van der Waals surface area contributed by atoms with Gasteiger partial charge in [0.1, 0.15) is 5.75 Å². The van der Waals surface area contributed by atoms with Crippen LogP contribution in [-0.2, 0) is 14.3 Å². The van der Waals surface area contributed by atoms with Crippen LogP contribution < -0.4 is 10.1 Å².